The maximum Gasteiger partial charge on any atom is 0.124 e. The molecule has 3 nitrogen and oxygen atoms in total. The number of nitrogen functional groups attached to an aromatic ring is 1. The third-order valence-electron chi connectivity index (χ3n) is 2.90. The van der Waals surface area contributed by atoms with E-state index >= 15 is 0 Å². The number of aryl methyl sites for hydroxylation is 1. The smallest absolute Gasteiger partial charge is 0.124 e. The average molecular weight is 207 g/mol. The van der Waals surface area contributed by atoms with Crippen molar-refractivity contribution in [3.8, 4) is 5.75 Å². The number of ether oxygens (including phenoxy) is 1. The van der Waals surface area contributed by atoms with E-state index in [4.69, 9.17) is 10.5 Å². The van der Waals surface area contributed by atoms with Crippen LogP contribution in [0.1, 0.15) is 24.8 Å². The minimum Gasteiger partial charge on any atom is -0.487 e. The van der Waals surface area contributed by atoms with Gasteiger partial charge in [-0.1, -0.05) is 0 Å². The minimum absolute atomic E-state index is 0.0488. The summed E-state index contributed by atoms with van der Waals surface area (Å²) in [7, 11) is 0. The van der Waals surface area contributed by atoms with Gasteiger partial charge < -0.3 is 15.6 Å². The maximum atomic E-state index is 9.65. The molecule has 2 atom stereocenters. The molecule has 82 valence electrons. The lowest BCUT2D eigenvalue weighted by atomic mass is 10.2. The first-order valence-corrected chi connectivity index (χ1v) is 5.37. The standard InChI is InChI=1S/C12H17NO2/c1-8-7-9(13)5-6-11(8)15-12-4-2-3-10(12)14/h5-7,10,12,14H,2-4,13H2,1H3. The average Bonchev–Trinajstić information content (AvgIpc) is 2.57. The summed E-state index contributed by atoms with van der Waals surface area (Å²) < 4.78 is 5.77. The fourth-order valence-corrected chi connectivity index (χ4v) is 2.01. The quantitative estimate of drug-likeness (QED) is 0.728. The van der Waals surface area contributed by atoms with Gasteiger partial charge in [0.25, 0.3) is 0 Å². The predicted molar refractivity (Wildman–Crippen MR) is 59.9 cm³/mol. The van der Waals surface area contributed by atoms with E-state index in [1.165, 1.54) is 0 Å². The number of nitrogens with two attached hydrogens (primary N) is 1. The molecule has 1 aromatic rings. The summed E-state index contributed by atoms with van der Waals surface area (Å²) in [5.41, 5.74) is 7.42. The number of hydrogen-bond acceptors (Lipinski definition) is 3. The van der Waals surface area contributed by atoms with Crippen LogP contribution in [0, 0.1) is 6.92 Å². The highest BCUT2D eigenvalue weighted by Gasteiger charge is 2.27. The van der Waals surface area contributed by atoms with E-state index in [1.54, 1.807) is 0 Å². The lowest BCUT2D eigenvalue weighted by Gasteiger charge is -2.18. The molecule has 0 amide bonds. The Morgan fingerprint density at radius 1 is 1.40 bits per heavy atom. The number of aliphatic hydroxyl groups excluding tert-OH is 1. The van der Waals surface area contributed by atoms with Crippen LogP contribution in [0.5, 0.6) is 5.75 Å². The summed E-state index contributed by atoms with van der Waals surface area (Å²) in [6.45, 7) is 1.97. The second-order valence-corrected chi connectivity index (χ2v) is 4.18. The Morgan fingerprint density at radius 3 is 2.80 bits per heavy atom. The first-order chi connectivity index (χ1) is 7.16. The Hall–Kier alpha value is -1.22. The van der Waals surface area contributed by atoms with Gasteiger partial charge in [-0.15, -0.1) is 0 Å². The number of aliphatic hydroxyl groups is 1. The van der Waals surface area contributed by atoms with Gasteiger partial charge in [0.2, 0.25) is 0 Å². The Kier molecular flexibility index (Phi) is 2.82. The molecule has 0 saturated heterocycles. The molecule has 0 aromatic heterocycles. The highest BCUT2D eigenvalue weighted by atomic mass is 16.5. The van der Waals surface area contributed by atoms with Gasteiger partial charge in [-0.05, 0) is 49.9 Å². The second-order valence-electron chi connectivity index (χ2n) is 4.18. The molecule has 15 heavy (non-hydrogen) atoms. The molecular weight excluding hydrogens is 190 g/mol. The molecule has 0 radical (unpaired) electrons. The van der Waals surface area contributed by atoms with Crippen molar-refractivity contribution in [1.29, 1.82) is 0 Å². The Bertz CT molecular complexity index is 351. The maximum absolute atomic E-state index is 9.65. The molecule has 1 aliphatic carbocycles. The largest absolute Gasteiger partial charge is 0.487 e. The molecule has 3 N–H and O–H groups in total. The van der Waals surface area contributed by atoms with E-state index in [0.29, 0.717) is 0 Å². The van der Waals surface area contributed by atoms with Gasteiger partial charge in [0.05, 0.1) is 6.10 Å². The SMILES string of the molecule is Cc1cc(N)ccc1OC1CCCC1O. The lowest BCUT2D eigenvalue weighted by molar-refractivity contribution is 0.0600. The van der Waals surface area contributed by atoms with E-state index in [-0.39, 0.29) is 12.2 Å². The molecule has 1 saturated carbocycles. The van der Waals surface area contributed by atoms with Gasteiger partial charge in [-0.25, -0.2) is 0 Å². The van der Waals surface area contributed by atoms with E-state index in [1.807, 2.05) is 25.1 Å². The van der Waals surface area contributed by atoms with E-state index in [2.05, 4.69) is 0 Å². The summed E-state index contributed by atoms with van der Waals surface area (Å²) in [6.07, 6.45) is 2.46. The molecule has 3 heteroatoms. The molecule has 1 aliphatic rings. The van der Waals surface area contributed by atoms with Gasteiger partial charge in [0, 0.05) is 5.69 Å². The molecule has 0 bridgehead atoms. The van der Waals surface area contributed by atoms with Crippen LogP contribution < -0.4 is 10.5 Å². The van der Waals surface area contributed by atoms with Crippen LogP contribution in [0.4, 0.5) is 5.69 Å². The van der Waals surface area contributed by atoms with Gasteiger partial charge in [0.1, 0.15) is 11.9 Å². The third-order valence-corrected chi connectivity index (χ3v) is 2.90. The lowest BCUT2D eigenvalue weighted by Crippen LogP contribution is -2.25. The molecule has 0 heterocycles. The summed E-state index contributed by atoms with van der Waals surface area (Å²) in [6, 6.07) is 5.58. The zero-order valence-electron chi connectivity index (χ0n) is 8.94. The van der Waals surface area contributed by atoms with Crippen molar-refractivity contribution in [3.63, 3.8) is 0 Å². The van der Waals surface area contributed by atoms with Crippen molar-refractivity contribution < 1.29 is 9.84 Å². The molecular formula is C12H17NO2. The number of benzene rings is 1. The summed E-state index contributed by atoms with van der Waals surface area (Å²) in [5.74, 6) is 0.829. The monoisotopic (exact) mass is 207 g/mol. The van der Waals surface area contributed by atoms with Gasteiger partial charge in [0.15, 0.2) is 0 Å². The highest BCUT2D eigenvalue weighted by Crippen LogP contribution is 2.27. The van der Waals surface area contributed by atoms with Crippen molar-refractivity contribution >= 4 is 5.69 Å². The zero-order chi connectivity index (χ0) is 10.8. The first-order valence-electron chi connectivity index (χ1n) is 5.37. The van der Waals surface area contributed by atoms with Crippen LogP contribution in [-0.4, -0.2) is 17.3 Å². The normalized spacial score (nSPS) is 25.5. The number of anilines is 1. The summed E-state index contributed by atoms with van der Waals surface area (Å²) in [4.78, 5) is 0. The van der Waals surface area contributed by atoms with Crippen molar-refractivity contribution in [2.45, 2.75) is 38.4 Å². The van der Waals surface area contributed by atoms with Gasteiger partial charge in [-0.2, -0.15) is 0 Å². The molecule has 1 aromatic carbocycles. The van der Waals surface area contributed by atoms with Crippen LogP contribution in [0.15, 0.2) is 18.2 Å². The Labute approximate surface area is 89.9 Å². The molecule has 1 fully saturated rings. The molecule has 2 rings (SSSR count). The van der Waals surface area contributed by atoms with E-state index in [9.17, 15) is 5.11 Å². The van der Waals surface area contributed by atoms with Crippen LogP contribution in [0.3, 0.4) is 0 Å². The minimum atomic E-state index is -0.318. The van der Waals surface area contributed by atoms with Crippen LogP contribution in [0.2, 0.25) is 0 Å². The summed E-state index contributed by atoms with van der Waals surface area (Å²) >= 11 is 0. The predicted octanol–water partition coefficient (Wildman–Crippen LogP) is 1.87. The van der Waals surface area contributed by atoms with Gasteiger partial charge in [-0.3, -0.25) is 0 Å². The van der Waals surface area contributed by atoms with Crippen molar-refractivity contribution in [2.75, 3.05) is 5.73 Å². The topological polar surface area (TPSA) is 55.5 Å². The van der Waals surface area contributed by atoms with Crippen LogP contribution >= 0.6 is 0 Å². The highest BCUT2D eigenvalue weighted by molar-refractivity contribution is 5.47. The van der Waals surface area contributed by atoms with E-state index < -0.39 is 0 Å². The Balaban J connectivity index is 2.10. The van der Waals surface area contributed by atoms with Crippen molar-refractivity contribution in [2.24, 2.45) is 0 Å². The summed E-state index contributed by atoms with van der Waals surface area (Å²) in [5, 5.41) is 9.65. The van der Waals surface area contributed by atoms with Crippen LogP contribution in [-0.2, 0) is 0 Å². The van der Waals surface area contributed by atoms with E-state index in [0.717, 1.165) is 36.3 Å². The van der Waals surface area contributed by atoms with Crippen molar-refractivity contribution in [3.05, 3.63) is 23.8 Å². The zero-order valence-corrected chi connectivity index (χ0v) is 8.94. The van der Waals surface area contributed by atoms with Gasteiger partial charge >= 0.3 is 0 Å². The van der Waals surface area contributed by atoms with Crippen LogP contribution in [0.25, 0.3) is 0 Å². The molecule has 0 spiro atoms. The Morgan fingerprint density at radius 2 is 2.20 bits per heavy atom. The first kappa shape index (κ1) is 10.3. The molecule has 2 unspecified atom stereocenters. The van der Waals surface area contributed by atoms with Crippen molar-refractivity contribution in [1.82, 2.24) is 0 Å². The fraction of sp³-hybridized carbons (Fsp3) is 0.500. The number of hydrogen-bond donors (Lipinski definition) is 2. The second kappa shape index (κ2) is 4.11. The fourth-order valence-electron chi connectivity index (χ4n) is 2.01. The molecule has 0 aliphatic heterocycles. The number of rotatable bonds is 2. The third kappa shape index (κ3) is 2.23.